The number of thioether (sulfide) groups is 1. The van der Waals surface area contributed by atoms with Crippen LogP contribution in [0, 0.1) is 20.8 Å². The van der Waals surface area contributed by atoms with E-state index in [0.717, 1.165) is 11.5 Å². The third-order valence-corrected chi connectivity index (χ3v) is 5.02. The van der Waals surface area contributed by atoms with Gasteiger partial charge < -0.3 is 5.32 Å². The van der Waals surface area contributed by atoms with Gasteiger partial charge in [-0.1, -0.05) is 48.0 Å². The predicted octanol–water partition coefficient (Wildman–Crippen LogP) is 4.81. The molecule has 21 heavy (non-hydrogen) atoms. The molecule has 0 bridgehead atoms. The second-order valence-electron chi connectivity index (χ2n) is 5.69. The lowest BCUT2D eigenvalue weighted by molar-refractivity contribution is 0.661. The van der Waals surface area contributed by atoms with Crippen molar-refractivity contribution in [1.29, 1.82) is 0 Å². The lowest BCUT2D eigenvalue weighted by atomic mass is 10.0. The molecule has 1 nitrogen and oxygen atoms in total. The zero-order chi connectivity index (χ0) is 15.2. The molecule has 0 spiro atoms. The Balaban J connectivity index is 1.94. The van der Waals surface area contributed by atoms with Gasteiger partial charge >= 0.3 is 0 Å². The molecule has 0 saturated heterocycles. The number of nitrogens with one attached hydrogen (secondary N) is 1. The van der Waals surface area contributed by atoms with Crippen molar-refractivity contribution < 1.29 is 0 Å². The second kappa shape index (κ2) is 7.67. The van der Waals surface area contributed by atoms with Crippen LogP contribution in [0.1, 0.15) is 33.9 Å². The highest BCUT2D eigenvalue weighted by molar-refractivity contribution is 7.98. The standard InChI is InChI=1S/C19H25NS/c1-14-6-5-7-17(10-14)12-21-13-19(20-4)18-9-8-15(2)16(3)11-18/h5-11,19-20H,12-13H2,1-4H3. The van der Waals surface area contributed by atoms with E-state index in [0.29, 0.717) is 6.04 Å². The lowest BCUT2D eigenvalue weighted by Gasteiger charge is -2.17. The molecule has 0 heterocycles. The van der Waals surface area contributed by atoms with Gasteiger partial charge in [0.2, 0.25) is 0 Å². The van der Waals surface area contributed by atoms with E-state index in [4.69, 9.17) is 0 Å². The maximum Gasteiger partial charge on any atom is 0.0409 e. The minimum atomic E-state index is 0.416. The second-order valence-corrected chi connectivity index (χ2v) is 6.72. The fraction of sp³-hybridized carbons (Fsp3) is 0.368. The van der Waals surface area contributed by atoms with Crippen molar-refractivity contribution in [3.05, 3.63) is 70.3 Å². The maximum absolute atomic E-state index is 3.44. The predicted molar refractivity (Wildman–Crippen MR) is 95.1 cm³/mol. The van der Waals surface area contributed by atoms with Crippen molar-refractivity contribution in [3.63, 3.8) is 0 Å². The van der Waals surface area contributed by atoms with Crippen LogP contribution in [0.3, 0.4) is 0 Å². The summed E-state index contributed by atoms with van der Waals surface area (Å²) in [5, 5.41) is 3.44. The zero-order valence-corrected chi connectivity index (χ0v) is 14.3. The van der Waals surface area contributed by atoms with Crippen LogP contribution in [0.5, 0.6) is 0 Å². The molecular weight excluding hydrogens is 274 g/mol. The van der Waals surface area contributed by atoms with Crippen LogP contribution in [0.15, 0.2) is 42.5 Å². The van der Waals surface area contributed by atoms with Crippen molar-refractivity contribution in [2.45, 2.75) is 32.6 Å². The quantitative estimate of drug-likeness (QED) is 0.822. The molecule has 0 saturated carbocycles. The van der Waals surface area contributed by atoms with E-state index in [1.807, 2.05) is 18.8 Å². The summed E-state index contributed by atoms with van der Waals surface area (Å²) >= 11 is 1.99. The Morgan fingerprint density at radius 1 is 1.00 bits per heavy atom. The van der Waals surface area contributed by atoms with Gasteiger partial charge in [-0.2, -0.15) is 11.8 Å². The highest BCUT2D eigenvalue weighted by atomic mass is 32.2. The molecule has 2 heteroatoms. The highest BCUT2D eigenvalue weighted by Crippen LogP contribution is 2.23. The number of rotatable bonds is 6. The van der Waals surface area contributed by atoms with Gasteiger partial charge in [0.1, 0.15) is 0 Å². The third-order valence-electron chi connectivity index (χ3n) is 3.92. The maximum atomic E-state index is 3.44. The lowest BCUT2D eigenvalue weighted by Crippen LogP contribution is -2.19. The van der Waals surface area contributed by atoms with E-state index in [9.17, 15) is 0 Å². The number of benzene rings is 2. The minimum Gasteiger partial charge on any atom is -0.312 e. The van der Waals surface area contributed by atoms with Crippen molar-refractivity contribution in [2.24, 2.45) is 0 Å². The van der Waals surface area contributed by atoms with Crippen LogP contribution in [0.2, 0.25) is 0 Å². The Hall–Kier alpha value is -1.25. The Bertz CT molecular complexity index is 592. The van der Waals surface area contributed by atoms with Crippen LogP contribution in [0.4, 0.5) is 0 Å². The van der Waals surface area contributed by atoms with E-state index in [2.05, 4.69) is 68.6 Å². The molecule has 2 rings (SSSR count). The first-order chi connectivity index (χ1) is 10.1. The fourth-order valence-corrected chi connectivity index (χ4v) is 3.55. The van der Waals surface area contributed by atoms with Crippen LogP contribution in [-0.2, 0) is 5.75 Å². The number of hydrogen-bond donors (Lipinski definition) is 1. The average Bonchev–Trinajstić information content (AvgIpc) is 2.47. The van der Waals surface area contributed by atoms with Gasteiger partial charge in [0, 0.05) is 17.5 Å². The van der Waals surface area contributed by atoms with E-state index in [1.165, 1.54) is 27.8 Å². The summed E-state index contributed by atoms with van der Waals surface area (Å²) in [5.41, 5.74) is 6.87. The van der Waals surface area contributed by atoms with E-state index in [1.54, 1.807) is 0 Å². The molecule has 1 atom stereocenters. The molecule has 0 aliphatic rings. The number of hydrogen-bond acceptors (Lipinski definition) is 2. The van der Waals surface area contributed by atoms with Crippen molar-refractivity contribution in [3.8, 4) is 0 Å². The molecule has 1 unspecified atom stereocenters. The van der Waals surface area contributed by atoms with Gasteiger partial charge in [0.15, 0.2) is 0 Å². The van der Waals surface area contributed by atoms with Gasteiger partial charge in [-0.05, 0) is 50.1 Å². The first-order valence-corrected chi connectivity index (χ1v) is 8.63. The summed E-state index contributed by atoms with van der Waals surface area (Å²) in [4.78, 5) is 0. The summed E-state index contributed by atoms with van der Waals surface area (Å²) in [6.45, 7) is 6.51. The minimum absolute atomic E-state index is 0.416. The monoisotopic (exact) mass is 299 g/mol. The Labute approximate surface area is 133 Å². The topological polar surface area (TPSA) is 12.0 Å². The van der Waals surface area contributed by atoms with Gasteiger partial charge in [-0.3, -0.25) is 0 Å². The smallest absolute Gasteiger partial charge is 0.0409 e. The van der Waals surface area contributed by atoms with Crippen LogP contribution in [-0.4, -0.2) is 12.8 Å². The summed E-state index contributed by atoms with van der Waals surface area (Å²) in [6.07, 6.45) is 0. The van der Waals surface area contributed by atoms with E-state index >= 15 is 0 Å². The van der Waals surface area contributed by atoms with E-state index in [-0.39, 0.29) is 0 Å². The van der Waals surface area contributed by atoms with Gasteiger partial charge in [0.05, 0.1) is 0 Å². The Kier molecular flexibility index (Phi) is 5.89. The van der Waals surface area contributed by atoms with Crippen LogP contribution < -0.4 is 5.32 Å². The van der Waals surface area contributed by atoms with Crippen molar-refractivity contribution >= 4 is 11.8 Å². The molecule has 2 aromatic rings. The molecule has 1 N–H and O–H groups in total. The summed E-state index contributed by atoms with van der Waals surface area (Å²) < 4.78 is 0. The molecule has 112 valence electrons. The molecule has 0 aromatic heterocycles. The zero-order valence-electron chi connectivity index (χ0n) is 13.4. The SMILES string of the molecule is CNC(CSCc1cccc(C)c1)c1ccc(C)c(C)c1. The van der Waals surface area contributed by atoms with Gasteiger partial charge in [-0.15, -0.1) is 0 Å². The molecule has 0 aliphatic carbocycles. The third kappa shape index (κ3) is 4.62. The van der Waals surface area contributed by atoms with Gasteiger partial charge in [-0.25, -0.2) is 0 Å². The van der Waals surface area contributed by atoms with Crippen LogP contribution in [0.25, 0.3) is 0 Å². The number of aryl methyl sites for hydroxylation is 3. The average molecular weight is 299 g/mol. The molecule has 0 fully saturated rings. The summed E-state index contributed by atoms with van der Waals surface area (Å²) in [7, 11) is 2.05. The van der Waals surface area contributed by atoms with Gasteiger partial charge in [0.25, 0.3) is 0 Å². The molecule has 0 aliphatic heterocycles. The van der Waals surface area contributed by atoms with Crippen molar-refractivity contribution in [2.75, 3.05) is 12.8 Å². The molecule has 0 radical (unpaired) electrons. The summed E-state index contributed by atoms with van der Waals surface area (Å²) in [6, 6.07) is 16.0. The first kappa shape index (κ1) is 16.1. The Morgan fingerprint density at radius 2 is 1.81 bits per heavy atom. The largest absolute Gasteiger partial charge is 0.312 e. The van der Waals surface area contributed by atoms with Crippen molar-refractivity contribution in [1.82, 2.24) is 5.32 Å². The Morgan fingerprint density at radius 3 is 2.48 bits per heavy atom. The van der Waals surface area contributed by atoms with E-state index < -0.39 is 0 Å². The fourth-order valence-electron chi connectivity index (χ4n) is 2.42. The molecular formula is C19H25NS. The van der Waals surface area contributed by atoms with Crippen LogP contribution >= 0.6 is 11.8 Å². The molecule has 2 aromatic carbocycles. The summed E-state index contributed by atoms with van der Waals surface area (Å²) in [5.74, 6) is 2.16. The first-order valence-electron chi connectivity index (χ1n) is 7.48. The highest BCUT2D eigenvalue weighted by Gasteiger charge is 2.10. The normalized spacial score (nSPS) is 12.4. The molecule has 0 amide bonds.